The van der Waals surface area contributed by atoms with Crippen LogP contribution in [0.15, 0.2) is 0 Å². The highest BCUT2D eigenvalue weighted by Crippen LogP contribution is 2.31. The Morgan fingerprint density at radius 1 is 1.54 bits per heavy atom. The van der Waals surface area contributed by atoms with Crippen LogP contribution in [0, 0.1) is 0 Å². The minimum atomic E-state index is -0.385. The molecule has 0 bridgehead atoms. The number of hydrogen-bond donors (Lipinski definition) is 2. The number of primary amides is 1. The fraction of sp³-hybridized carbons (Fsp3) is 0.889. The first kappa shape index (κ1) is 9.34. The minimum Gasteiger partial charge on any atom is -0.368 e. The number of nitrogens with one attached hydrogen (secondary N) is 1. The van der Waals surface area contributed by atoms with Crippen LogP contribution in [0.5, 0.6) is 0 Å². The summed E-state index contributed by atoms with van der Waals surface area (Å²) < 4.78 is 0. The summed E-state index contributed by atoms with van der Waals surface area (Å²) in [5, 5.41) is 3.41. The molecule has 13 heavy (non-hydrogen) atoms. The van der Waals surface area contributed by atoms with E-state index in [-0.39, 0.29) is 11.4 Å². The number of thioether (sulfide) groups is 1. The van der Waals surface area contributed by atoms with E-state index >= 15 is 0 Å². The van der Waals surface area contributed by atoms with Crippen LogP contribution in [0.4, 0.5) is 0 Å². The zero-order chi connectivity index (χ0) is 9.31. The molecule has 1 saturated carbocycles. The van der Waals surface area contributed by atoms with E-state index in [2.05, 4.69) is 5.32 Å². The van der Waals surface area contributed by atoms with Gasteiger partial charge in [-0.15, -0.1) is 0 Å². The summed E-state index contributed by atoms with van der Waals surface area (Å²) in [5.74, 6) is 1.87. The van der Waals surface area contributed by atoms with Gasteiger partial charge < -0.3 is 5.73 Å². The highest BCUT2D eigenvalue weighted by molar-refractivity contribution is 7.99. The lowest BCUT2D eigenvalue weighted by molar-refractivity contribution is -0.124. The molecule has 2 aliphatic rings. The van der Waals surface area contributed by atoms with Crippen molar-refractivity contribution in [3.8, 4) is 0 Å². The highest BCUT2D eigenvalue weighted by atomic mass is 32.2. The number of rotatable bonds is 3. The summed E-state index contributed by atoms with van der Waals surface area (Å²) in [6.45, 7) is 0. The molecule has 3 nitrogen and oxygen atoms in total. The monoisotopic (exact) mass is 200 g/mol. The van der Waals surface area contributed by atoms with Crippen LogP contribution in [-0.2, 0) is 4.79 Å². The van der Waals surface area contributed by atoms with Crippen molar-refractivity contribution in [2.75, 3.05) is 11.5 Å². The Kier molecular flexibility index (Phi) is 2.51. The molecule has 74 valence electrons. The second-order valence-corrected chi connectivity index (χ2v) is 5.13. The van der Waals surface area contributed by atoms with E-state index in [1.807, 2.05) is 11.8 Å². The van der Waals surface area contributed by atoms with E-state index in [0.717, 1.165) is 18.6 Å². The van der Waals surface area contributed by atoms with Gasteiger partial charge in [-0.3, -0.25) is 10.1 Å². The molecule has 2 rings (SSSR count). The maximum Gasteiger partial charge on any atom is 0.238 e. The minimum absolute atomic E-state index is 0.161. The first-order valence-electron chi connectivity index (χ1n) is 4.88. The molecule has 2 fully saturated rings. The first-order valence-corrected chi connectivity index (χ1v) is 6.04. The third kappa shape index (κ3) is 1.99. The van der Waals surface area contributed by atoms with E-state index in [9.17, 15) is 4.79 Å². The highest BCUT2D eigenvalue weighted by Gasteiger charge is 2.41. The second kappa shape index (κ2) is 3.50. The number of nitrogens with two attached hydrogens (primary N) is 1. The van der Waals surface area contributed by atoms with Crippen molar-refractivity contribution >= 4 is 17.7 Å². The standard InChI is InChI=1S/C9H16N2OS/c10-8(12)9(11-7-2-3-7)4-1-5-13-6-9/h7,11H,1-6H2,(H2,10,12). The van der Waals surface area contributed by atoms with Gasteiger partial charge in [-0.2, -0.15) is 11.8 Å². The smallest absolute Gasteiger partial charge is 0.238 e. The molecule has 1 heterocycles. The van der Waals surface area contributed by atoms with E-state index in [1.165, 1.54) is 18.6 Å². The Bertz CT molecular complexity index is 210. The molecule has 0 aromatic heterocycles. The molecular formula is C9H16N2OS. The van der Waals surface area contributed by atoms with Gasteiger partial charge in [-0.05, 0) is 31.4 Å². The average Bonchev–Trinajstić information content (AvgIpc) is 2.90. The first-order chi connectivity index (χ1) is 6.23. The third-order valence-corrected chi connectivity index (χ3v) is 4.04. The fourth-order valence-corrected chi connectivity index (χ4v) is 3.00. The predicted molar refractivity (Wildman–Crippen MR) is 54.6 cm³/mol. The number of carbonyl (C=O) groups is 1. The van der Waals surface area contributed by atoms with Gasteiger partial charge in [0.2, 0.25) is 5.91 Å². The van der Waals surface area contributed by atoms with E-state index < -0.39 is 0 Å². The van der Waals surface area contributed by atoms with Crippen molar-refractivity contribution in [2.24, 2.45) is 5.73 Å². The third-order valence-electron chi connectivity index (χ3n) is 2.77. The van der Waals surface area contributed by atoms with Crippen LogP contribution in [0.3, 0.4) is 0 Å². The van der Waals surface area contributed by atoms with E-state index in [1.54, 1.807) is 0 Å². The summed E-state index contributed by atoms with van der Waals surface area (Å²) >= 11 is 1.84. The van der Waals surface area contributed by atoms with Gasteiger partial charge in [-0.25, -0.2) is 0 Å². The number of hydrogen-bond acceptors (Lipinski definition) is 3. The summed E-state index contributed by atoms with van der Waals surface area (Å²) in [6, 6.07) is 0.561. The quantitative estimate of drug-likeness (QED) is 0.697. The Morgan fingerprint density at radius 2 is 2.31 bits per heavy atom. The van der Waals surface area contributed by atoms with Crippen molar-refractivity contribution in [1.29, 1.82) is 0 Å². The summed E-state index contributed by atoms with van der Waals surface area (Å²) in [5.41, 5.74) is 5.08. The van der Waals surface area contributed by atoms with Crippen LogP contribution in [0.2, 0.25) is 0 Å². The maximum atomic E-state index is 11.4. The average molecular weight is 200 g/mol. The molecule has 1 aliphatic carbocycles. The zero-order valence-electron chi connectivity index (χ0n) is 7.71. The van der Waals surface area contributed by atoms with Gasteiger partial charge in [0.05, 0.1) is 0 Å². The lowest BCUT2D eigenvalue weighted by Crippen LogP contribution is -2.59. The molecular weight excluding hydrogens is 184 g/mol. The summed E-state index contributed by atoms with van der Waals surface area (Å²) in [6.07, 6.45) is 4.44. The fourth-order valence-electron chi connectivity index (χ4n) is 1.79. The van der Waals surface area contributed by atoms with Crippen LogP contribution in [0.1, 0.15) is 25.7 Å². The second-order valence-electron chi connectivity index (χ2n) is 4.02. The topological polar surface area (TPSA) is 55.1 Å². The van der Waals surface area contributed by atoms with Crippen molar-refractivity contribution in [2.45, 2.75) is 37.3 Å². The molecule has 0 spiro atoms. The van der Waals surface area contributed by atoms with E-state index in [0.29, 0.717) is 6.04 Å². The molecule has 0 aromatic carbocycles. The molecule has 1 atom stereocenters. The zero-order valence-corrected chi connectivity index (χ0v) is 8.53. The van der Waals surface area contributed by atoms with Crippen molar-refractivity contribution in [1.82, 2.24) is 5.32 Å². The van der Waals surface area contributed by atoms with Crippen LogP contribution < -0.4 is 11.1 Å². The van der Waals surface area contributed by atoms with Gasteiger partial charge >= 0.3 is 0 Å². The predicted octanol–water partition coefficient (Wildman–Crippen LogP) is 0.489. The van der Waals surface area contributed by atoms with Crippen molar-refractivity contribution in [3.63, 3.8) is 0 Å². The Morgan fingerprint density at radius 3 is 2.77 bits per heavy atom. The number of carbonyl (C=O) groups excluding carboxylic acids is 1. The van der Waals surface area contributed by atoms with Crippen LogP contribution in [-0.4, -0.2) is 29.0 Å². The lowest BCUT2D eigenvalue weighted by Gasteiger charge is -2.34. The normalized spacial score (nSPS) is 34.5. The largest absolute Gasteiger partial charge is 0.368 e. The van der Waals surface area contributed by atoms with Gasteiger partial charge in [0.1, 0.15) is 5.54 Å². The molecule has 3 N–H and O–H groups in total. The summed E-state index contributed by atoms with van der Waals surface area (Å²) in [7, 11) is 0. The van der Waals surface area contributed by atoms with Crippen molar-refractivity contribution < 1.29 is 4.79 Å². The molecule has 0 radical (unpaired) electrons. The SMILES string of the molecule is NC(=O)C1(NC2CC2)CCCSC1. The Balaban J connectivity index is 2.02. The summed E-state index contributed by atoms with van der Waals surface area (Å²) in [4.78, 5) is 11.4. The lowest BCUT2D eigenvalue weighted by atomic mass is 9.94. The maximum absolute atomic E-state index is 11.4. The molecule has 4 heteroatoms. The number of amides is 1. The van der Waals surface area contributed by atoms with Gasteiger partial charge in [-0.1, -0.05) is 0 Å². The molecule has 0 aromatic rings. The van der Waals surface area contributed by atoms with E-state index in [4.69, 9.17) is 5.73 Å². The van der Waals surface area contributed by atoms with Gasteiger partial charge in [0.15, 0.2) is 0 Å². The van der Waals surface area contributed by atoms with Crippen LogP contribution in [0.25, 0.3) is 0 Å². The molecule has 1 aliphatic heterocycles. The van der Waals surface area contributed by atoms with Gasteiger partial charge in [0, 0.05) is 11.8 Å². The van der Waals surface area contributed by atoms with Gasteiger partial charge in [0.25, 0.3) is 0 Å². The molecule has 1 unspecified atom stereocenters. The van der Waals surface area contributed by atoms with Crippen molar-refractivity contribution in [3.05, 3.63) is 0 Å². The Labute approximate surface area is 82.8 Å². The Hall–Kier alpha value is -0.220. The van der Waals surface area contributed by atoms with Crippen LogP contribution >= 0.6 is 11.8 Å². The molecule has 1 saturated heterocycles. The molecule has 1 amide bonds.